The minimum absolute atomic E-state index is 0.0105. The Morgan fingerprint density at radius 1 is 0.941 bits per heavy atom. The molecule has 0 unspecified atom stereocenters. The van der Waals surface area contributed by atoms with Crippen molar-refractivity contribution in [1.82, 2.24) is 10.2 Å². The molecule has 3 aromatic carbocycles. The maximum absolute atomic E-state index is 13.5. The van der Waals surface area contributed by atoms with Crippen LogP contribution in [0.3, 0.4) is 0 Å². The fourth-order valence-electron chi connectivity index (χ4n) is 3.55. The molecule has 178 valence electrons. The fourth-order valence-corrected chi connectivity index (χ4v) is 3.75. The first-order valence-electron chi connectivity index (χ1n) is 11.5. The first-order chi connectivity index (χ1) is 16.5. The topological polar surface area (TPSA) is 58.6 Å². The molecular formula is C28H31ClN2O3. The molecule has 3 aromatic rings. The Hall–Kier alpha value is -3.31. The van der Waals surface area contributed by atoms with Crippen LogP contribution in [0.2, 0.25) is 5.02 Å². The maximum atomic E-state index is 13.5. The molecule has 0 aromatic heterocycles. The number of para-hydroxylation sites is 1. The minimum atomic E-state index is -0.723. The summed E-state index contributed by atoms with van der Waals surface area (Å²) in [5.41, 5.74) is 1.74. The van der Waals surface area contributed by atoms with Gasteiger partial charge in [-0.3, -0.25) is 9.59 Å². The number of amides is 2. The largest absolute Gasteiger partial charge is 0.484 e. The molecule has 34 heavy (non-hydrogen) atoms. The van der Waals surface area contributed by atoms with Crippen LogP contribution in [0.1, 0.15) is 31.4 Å². The molecule has 0 heterocycles. The van der Waals surface area contributed by atoms with Gasteiger partial charge in [-0.05, 0) is 42.7 Å². The van der Waals surface area contributed by atoms with Crippen LogP contribution >= 0.6 is 11.6 Å². The highest BCUT2D eigenvalue weighted by Crippen LogP contribution is 2.21. The van der Waals surface area contributed by atoms with Crippen molar-refractivity contribution in [3.8, 4) is 5.75 Å². The van der Waals surface area contributed by atoms with Crippen molar-refractivity contribution < 1.29 is 14.3 Å². The van der Waals surface area contributed by atoms with Crippen LogP contribution in [0.4, 0.5) is 0 Å². The van der Waals surface area contributed by atoms with Crippen LogP contribution in [0.15, 0.2) is 84.9 Å². The van der Waals surface area contributed by atoms with Crippen LogP contribution in [-0.4, -0.2) is 35.4 Å². The SMILES string of the molecule is CC[C@H](C)NC(=O)[C@H](Cc1ccccc1)N(Cc1ccccc1Cl)C(=O)COc1ccccc1. The molecule has 0 radical (unpaired) electrons. The van der Waals surface area contributed by atoms with E-state index in [1.807, 2.05) is 80.6 Å². The van der Waals surface area contributed by atoms with Gasteiger partial charge in [0.1, 0.15) is 11.8 Å². The molecule has 0 saturated heterocycles. The van der Waals surface area contributed by atoms with Gasteiger partial charge in [0, 0.05) is 24.0 Å². The van der Waals surface area contributed by atoms with E-state index >= 15 is 0 Å². The quantitative estimate of drug-likeness (QED) is 0.408. The smallest absolute Gasteiger partial charge is 0.261 e. The van der Waals surface area contributed by atoms with Crippen molar-refractivity contribution in [1.29, 1.82) is 0 Å². The number of hydrogen-bond donors (Lipinski definition) is 1. The van der Waals surface area contributed by atoms with E-state index in [0.29, 0.717) is 17.2 Å². The third-order valence-corrected chi connectivity index (χ3v) is 6.04. The molecular weight excluding hydrogens is 448 g/mol. The summed E-state index contributed by atoms with van der Waals surface area (Å²) in [7, 11) is 0. The average Bonchev–Trinajstić information content (AvgIpc) is 2.86. The normalized spacial score (nSPS) is 12.4. The summed E-state index contributed by atoms with van der Waals surface area (Å²) in [5.74, 6) is 0.111. The van der Waals surface area contributed by atoms with E-state index in [1.165, 1.54) is 0 Å². The number of rotatable bonds is 11. The van der Waals surface area contributed by atoms with Crippen LogP contribution in [-0.2, 0) is 22.6 Å². The predicted molar refractivity (Wildman–Crippen MR) is 136 cm³/mol. The van der Waals surface area contributed by atoms with E-state index < -0.39 is 6.04 Å². The van der Waals surface area contributed by atoms with E-state index in [0.717, 1.165) is 17.5 Å². The Balaban J connectivity index is 1.92. The number of nitrogens with one attached hydrogen (secondary N) is 1. The van der Waals surface area contributed by atoms with Crippen molar-refractivity contribution in [2.24, 2.45) is 0 Å². The molecule has 0 bridgehead atoms. The summed E-state index contributed by atoms with van der Waals surface area (Å²) < 4.78 is 5.74. The lowest BCUT2D eigenvalue weighted by atomic mass is 10.0. The molecule has 2 amide bonds. The monoisotopic (exact) mass is 478 g/mol. The molecule has 0 spiro atoms. The Morgan fingerprint density at radius 3 is 2.21 bits per heavy atom. The van der Waals surface area contributed by atoms with Gasteiger partial charge in [-0.15, -0.1) is 0 Å². The summed E-state index contributed by atoms with van der Waals surface area (Å²) in [6.45, 7) is 3.98. The molecule has 0 aliphatic heterocycles. The minimum Gasteiger partial charge on any atom is -0.484 e. The van der Waals surface area contributed by atoms with Gasteiger partial charge in [-0.2, -0.15) is 0 Å². The van der Waals surface area contributed by atoms with Crippen molar-refractivity contribution >= 4 is 23.4 Å². The van der Waals surface area contributed by atoms with Gasteiger partial charge in [0.05, 0.1) is 0 Å². The molecule has 0 fully saturated rings. The summed E-state index contributed by atoms with van der Waals surface area (Å²) in [6.07, 6.45) is 1.17. The molecule has 1 N–H and O–H groups in total. The van der Waals surface area contributed by atoms with Gasteiger partial charge in [0.25, 0.3) is 5.91 Å². The third-order valence-electron chi connectivity index (χ3n) is 5.68. The summed E-state index contributed by atoms with van der Waals surface area (Å²) >= 11 is 6.43. The van der Waals surface area contributed by atoms with Crippen LogP contribution in [0.25, 0.3) is 0 Å². The van der Waals surface area contributed by atoms with Gasteiger partial charge >= 0.3 is 0 Å². The number of ether oxygens (including phenoxy) is 1. The van der Waals surface area contributed by atoms with Gasteiger partial charge in [-0.25, -0.2) is 0 Å². The molecule has 3 rings (SSSR count). The molecule has 0 aliphatic carbocycles. The summed E-state index contributed by atoms with van der Waals surface area (Å²) in [6, 6.07) is 25.5. The highest BCUT2D eigenvalue weighted by Gasteiger charge is 2.31. The predicted octanol–water partition coefficient (Wildman–Crippen LogP) is 5.27. The number of halogens is 1. The first-order valence-corrected chi connectivity index (χ1v) is 11.9. The fraction of sp³-hybridized carbons (Fsp3) is 0.286. The van der Waals surface area contributed by atoms with Crippen molar-refractivity contribution in [3.05, 3.63) is 101 Å². The Labute approximate surface area is 206 Å². The van der Waals surface area contributed by atoms with Crippen LogP contribution in [0, 0.1) is 0 Å². The van der Waals surface area contributed by atoms with Gasteiger partial charge in [0.2, 0.25) is 5.91 Å². The zero-order valence-corrected chi connectivity index (χ0v) is 20.4. The van der Waals surface area contributed by atoms with Gasteiger partial charge < -0.3 is 15.0 Å². The number of nitrogens with zero attached hydrogens (tertiary/aromatic N) is 1. The molecule has 5 nitrogen and oxygen atoms in total. The van der Waals surface area contributed by atoms with E-state index in [1.54, 1.807) is 23.1 Å². The lowest BCUT2D eigenvalue weighted by Crippen LogP contribution is -2.53. The van der Waals surface area contributed by atoms with Gasteiger partial charge in [0.15, 0.2) is 6.61 Å². The molecule has 0 aliphatic rings. The highest BCUT2D eigenvalue weighted by molar-refractivity contribution is 6.31. The van der Waals surface area contributed by atoms with Crippen molar-refractivity contribution in [2.45, 2.75) is 45.3 Å². The van der Waals surface area contributed by atoms with E-state index in [4.69, 9.17) is 16.3 Å². The van der Waals surface area contributed by atoms with Crippen LogP contribution < -0.4 is 10.1 Å². The first kappa shape index (κ1) is 25.3. The van der Waals surface area contributed by atoms with Crippen LogP contribution in [0.5, 0.6) is 5.75 Å². The van der Waals surface area contributed by atoms with E-state index in [9.17, 15) is 9.59 Å². The molecule has 2 atom stereocenters. The lowest BCUT2D eigenvalue weighted by Gasteiger charge is -2.32. The summed E-state index contributed by atoms with van der Waals surface area (Å²) in [4.78, 5) is 28.5. The second-order valence-electron chi connectivity index (χ2n) is 8.24. The standard InChI is InChI=1S/C28H31ClN2O3/c1-3-21(2)30-28(33)26(18-22-12-6-4-7-13-22)31(19-23-14-10-11-17-25(23)29)27(32)20-34-24-15-8-5-9-16-24/h4-17,21,26H,3,18-20H2,1-2H3,(H,30,33)/t21-,26-/m0/s1. The van der Waals surface area contributed by atoms with Crippen molar-refractivity contribution in [2.75, 3.05) is 6.61 Å². The second kappa shape index (κ2) is 12.8. The number of hydrogen-bond acceptors (Lipinski definition) is 3. The Bertz CT molecular complexity index is 1060. The Morgan fingerprint density at radius 2 is 1.56 bits per heavy atom. The third kappa shape index (κ3) is 7.35. The van der Waals surface area contributed by atoms with E-state index in [-0.39, 0.29) is 31.0 Å². The van der Waals surface area contributed by atoms with Crippen molar-refractivity contribution in [3.63, 3.8) is 0 Å². The Kier molecular flexibility index (Phi) is 9.53. The molecule has 0 saturated carbocycles. The lowest BCUT2D eigenvalue weighted by molar-refractivity contribution is -0.143. The average molecular weight is 479 g/mol. The highest BCUT2D eigenvalue weighted by atomic mass is 35.5. The maximum Gasteiger partial charge on any atom is 0.261 e. The zero-order chi connectivity index (χ0) is 24.3. The number of carbonyl (C=O) groups excluding carboxylic acids is 2. The van der Waals surface area contributed by atoms with Gasteiger partial charge in [-0.1, -0.05) is 85.3 Å². The van der Waals surface area contributed by atoms with E-state index in [2.05, 4.69) is 5.32 Å². The second-order valence-corrected chi connectivity index (χ2v) is 8.65. The number of benzene rings is 3. The summed E-state index contributed by atoms with van der Waals surface area (Å²) in [5, 5.41) is 3.60. The molecule has 6 heteroatoms. The number of carbonyl (C=O) groups is 2. The zero-order valence-electron chi connectivity index (χ0n) is 19.6.